The number of hydrogen-bond donors (Lipinski definition) is 0. The van der Waals surface area contributed by atoms with E-state index < -0.39 is 9.84 Å². The molecule has 0 bridgehead atoms. The fraction of sp³-hybridized carbons (Fsp3) is 0.333. The summed E-state index contributed by atoms with van der Waals surface area (Å²) in [5.74, 6) is -0.479. The number of halogens is 1. The Balaban J connectivity index is 1.56. The number of aliphatic imine (C=N–C) groups is 1. The Kier molecular flexibility index (Phi) is 5.48. The highest BCUT2D eigenvalue weighted by Gasteiger charge is 2.48. The van der Waals surface area contributed by atoms with E-state index in [1.807, 2.05) is 36.1 Å². The summed E-state index contributed by atoms with van der Waals surface area (Å²) in [5.41, 5.74) is 2.88. The van der Waals surface area contributed by atoms with Crippen LogP contribution in [-0.4, -0.2) is 47.2 Å². The van der Waals surface area contributed by atoms with E-state index in [1.54, 1.807) is 12.1 Å². The molecular formula is C21H21FN2O3S2. The number of amides is 1. The zero-order valence-electron chi connectivity index (χ0n) is 15.9. The van der Waals surface area contributed by atoms with Crippen LogP contribution in [0.5, 0.6) is 0 Å². The van der Waals surface area contributed by atoms with Gasteiger partial charge in [0.1, 0.15) is 5.82 Å². The maximum Gasteiger partial charge on any atom is 0.252 e. The van der Waals surface area contributed by atoms with E-state index in [2.05, 4.69) is 4.99 Å². The Morgan fingerprint density at radius 2 is 1.76 bits per heavy atom. The molecule has 29 heavy (non-hydrogen) atoms. The second-order valence-corrected chi connectivity index (χ2v) is 10.9. The maximum atomic E-state index is 13.1. The molecule has 2 aliphatic rings. The number of carbonyl (C=O) groups is 1. The molecule has 0 aliphatic carbocycles. The van der Waals surface area contributed by atoms with Crippen LogP contribution in [-0.2, 0) is 27.6 Å². The topological polar surface area (TPSA) is 66.8 Å². The van der Waals surface area contributed by atoms with E-state index in [1.165, 1.54) is 23.9 Å². The fourth-order valence-electron chi connectivity index (χ4n) is 3.63. The molecule has 2 saturated heterocycles. The van der Waals surface area contributed by atoms with Crippen LogP contribution >= 0.6 is 11.8 Å². The summed E-state index contributed by atoms with van der Waals surface area (Å²) >= 11 is 1.37. The second kappa shape index (κ2) is 7.91. The highest BCUT2D eigenvalue weighted by atomic mass is 32.2. The molecule has 0 N–H and O–H groups in total. The third kappa shape index (κ3) is 4.70. The van der Waals surface area contributed by atoms with Crippen molar-refractivity contribution < 1.29 is 17.6 Å². The lowest BCUT2D eigenvalue weighted by Crippen LogP contribution is -2.37. The largest absolute Gasteiger partial charge is 0.342 e. The van der Waals surface area contributed by atoms with Crippen molar-refractivity contribution in [1.82, 2.24) is 4.90 Å². The maximum absolute atomic E-state index is 13.1. The second-order valence-electron chi connectivity index (χ2n) is 7.51. The molecule has 2 heterocycles. The summed E-state index contributed by atoms with van der Waals surface area (Å²) in [6, 6.07) is 13.6. The van der Waals surface area contributed by atoms with Crippen molar-refractivity contribution in [2.24, 2.45) is 4.99 Å². The van der Waals surface area contributed by atoms with Gasteiger partial charge in [-0.1, -0.05) is 53.7 Å². The molecule has 152 valence electrons. The minimum atomic E-state index is -3.08. The van der Waals surface area contributed by atoms with Crippen LogP contribution in [0.4, 0.5) is 4.39 Å². The van der Waals surface area contributed by atoms with Crippen molar-refractivity contribution in [3.63, 3.8) is 0 Å². The third-order valence-electron chi connectivity index (χ3n) is 5.14. The van der Waals surface area contributed by atoms with Crippen molar-refractivity contribution in [3.05, 3.63) is 71.0 Å². The first-order valence-electron chi connectivity index (χ1n) is 9.34. The van der Waals surface area contributed by atoms with Gasteiger partial charge in [0.15, 0.2) is 15.0 Å². The predicted molar refractivity (Wildman–Crippen MR) is 113 cm³/mol. The van der Waals surface area contributed by atoms with Crippen molar-refractivity contribution in [1.29, 1.82) is 0 Å². The first kappa shape index (κ1) is 20.1. The van der Waals surface area contributed by atoms with E-state index >= 15 is 0 Å². The van der Waals surface area contributed by atoms with Gasteiger partial charge in [-0.25, -0.2) is 12.8 Å². The number of rotatable bonds is 4. The van der Waals surface area contributed by atoms with E-state index in [0.29, 0.717) is 17.3 Å². The monoisotopic (exact) mass is 432 g/mol. The average molecular weight is 433 g/mol. The Hall–Kier alpha value is -2.19. The first-order valence-corrected chi connectivity index (χ1v) is 12.0. The number of fused-ring (bicyclic) bond motifs is 1. The number of sulfone groups is 1. The average Bonchev–Trinajstić information content (AvgIpc) is 3.11. The first-order chi connectivity index (χ1) is 13.8. The molecular weight excluding hydrogens is 411 g/mol. The van der Waals surface area contributed by atoms with E-state index in [9.17, 15) is 17.6 Å². The Labute approximate surface area is 173 Å². The Bertz CT molecular complexity index is 1050. The minimum Gasteiger partial charge on any atom is -0.342 e. The van der Waals surface area contributed by atoms with Crippen molar-refractivity contribution in [3.8, 4) is 0 Å². The number of hydrogen-bond acceptors (Lipinski definition) is 4. The highest BCUT2D eigenvalue weighted by Crippen LogP contribution is 2.39. The van der Waals surface area contributed by atoms with E-state index in [0.717, 1.165) is 11.1 Å². The zero-order chi connectivity index (χ0) is 20.6. The number of benzene rings is 2. The van der Waals surface area contributed by atoms with Gasteiger partial charge in [0.05, 0.1) is 24.0 Å². The molecule has 0 unspecified atom stereocenters. The molecule has 0 radical (unpaired) electrons. The standard InChI is InChI=1S/C21H21FN2O3S2/c1-14-2-4-16(5-3-14)11-24-18-12-29(26,27)13-19(18)28-21(24)23-20(25)10-15-6-8-17(22)9-7-15/h2-9,18-19H,10-13H2,1H3/t18-,19+/m0/s1. The van der Waals surface area contributed by atoms with Crippen LogP contribution < -0.4 is 0 Å². The summed E-state index contributed by atoms with van der Waals surface area (Å²) in [6.07, 6.45) is 0.0797. The number of thioether (sulfide) groups is 1. The molecule has 2 aliphatic heterocycles. The van der Waals surface area contributed by atoms with Gasteiger partial charge >= 0.3 is 0 Å². The van der Waals surface area contributed by atoms with Gasteiger partial charge < -0.3 is 4.90 Å². The zero-order valence-corrected chi connectivity index (χ0v) is 17.5. The molecule has 0 saturated carbocycles. The van der Waals surface area contributed by atoms with E-state index in [4.69, 9.17) is 0 Å². The summed E-state index contributed by atoms with van der Waals surface area (Å²) in [6.45, 7) is 2.52. The van der Waals surface area contributed by atoms with Gasteiger partial charge in [0.2, 0.25) is 0 Å². The quantitative estimate of drug-likeness (QED) is 0.743. The van der Waals surface area contributed by atoms with Gasteiger partial charge in [0.25, 0.3) is 5.91 Å². The molecule has 0 aromatic heterocycles. The molecule has 2 atom stereocenters. The lowest BCUT2D eigenvalue weighted by atomic mass is 10.1. The minimum absolute atomic E-state index is 0.0797. The summed E-state index contributed by atoms with van der Waals surface area (Å²) in [4.78, 5) is 18.8. The predicted octanol–water partition coefficient (Wildman–Crippen LogP) is 2.97. The van der Waals surface area contributed by atoms with Crippen LogP contribution in [0.25, 0.3) is 0 Å². The van der Waals surface area contributed by atoms with E-state index in [-0.39, 0.29) is 40.9 Å². The van der Waals surface area contributed by atoms with Gasteiger partial charge in [-0.2, -0.15) is 4.99 Å². The normalized spacial score (nSPS) is 24.1. The van der Waals surface area contributed by atoms with Crippen LogP contribution in [0.2, 0.25) is 0 Å². The molecule has 2 aromatic carbocycles. The molecule has 2 aromatic rings. The number of carbonyl (C=O) groups excluding carboxylic acids is 1. The fourth-order valence-corrected chi connectivity index (χ4v) is 7.60. The number of amidine groups is 1. The molecule has 8 heteroatoms. The van der Waals surface area contributed by atoms with Crippen LogP contribution in [0.15, 0.2) is 53.5 Å². The lowest BCUT2D eigenvalue weighted by Gasteiger charge is -2.24. The van der Waals surface area contributed by atoms with Crippen molar-refractivity contribution in [2.45, 2.75) is 31.2 Å². The van der Waals surface area contributed by atoms with Gasteiger partial charge in [0, 0.05) is 11.8 Å². The van der Waals surface area contributed by atoms with Crippen molar-refractivity contribution >= 4 is 32.7 Å². The third-order valence-corrected chi connectivity index (χ3v) is 8.38. The summed E-state index contributed by atoms with van der Waals surface area (Å²) < 4.78 is 37.3. The number of nitrogens with zero attached hydrogens (tertiary/aromatic N) is 2. The molecule has 4 rings (SSSR count). The Morgan fingerprint density at radius 1 is 1.10 bits per heavy atom. The van der Waals surface area contributed by atoms with Gasteiger partial charge in [-0.3, -0.25) is 4.79 Å². The Morgan fingerprint density at radius 3 is 2.45 bits per heavy atom. The molecule has 5 nitrogen and oxygen atoms in total. The lowest BCUT2D eigenvalue weighted by molar-refractivity contribution is -0.117. The SMILES string of the molecule is Cc1ccc(CN2C(=NC(=O)Cc3ccc(F)cc3)S[C@@H]3CS(=O)(=O)C[C@@H]32)cc1. The summed E-state index contributed by atoms with van der Waals surface area (Å²) in [5, 5.41) is 0.463. The number of aryl methyl sites for hydroxylation is 1. The van der Waals surface area contributed by atoms with Crippen LogP contribution in [0.1, 0.15) is 16.7 Å². The molecule has 1 amide bonds. The van der Waals surface area contributed by atoms with Crippen LogP contribution in [0, 0.1) is 12.7 Å². The molecule has 0 spiro atoms. The van der Waals surface area contributed by atoms with Crippen molar-refractivity contribution in [2.75, 3.05) is 11.5 Å². The summed E-state index contributed by atoms with van der Waals surface area (Å²) in [7, 11) is -3.08. The van der Waals surface area contributed by atoms with Gasteiger partial charge in [-0.15, -0.1) is 0 Å². The van der Waals surface area contributed by atoms with Gasteiger partial charge in [-0.05, 0) is 30.2 Å². The molecule has 2 fully saturated rings. The van der Waals surface area contributed by atoms with Crippen LogP contribution in [0.3, 0.4) is 0 Å². The highest BCUT2D eigenvalue weighted by molar-refractivity contribution is 8.15. The smallest absolute Gasteiger partial charge is 0.252 e.